The number of ether oxygens (including phenoxy) is 4. The maximum atomic E-state index is 13.0. The molecule has 19 heteroatoms. The van der Waals surface area contributed by atoms with Crippen LogP contribution in [0.25, 0.3) is 0 Å². The van der Waals surface area contributed by atoms with Gasteiger partial charge < -0.3 is 33.8 Å². The molecule has 3 N–H and O–H groups in total. The van der Waals surface area contributed by atoms with Crippen molar-refractivity contribution in [3.05, 3.63) is 85.1 Å². The lowest BCUT2D eigenvalue weighted by Crippen LogP contribution is -2.30. The zero-order valence-corrected chi connectivity index (χ0v) is 59.5. The number of unbranched alkanes of at least 4 members (excludes halogenated alkanes) is 27. The van der Waals surface area contributed by atoms with Crippen LogP contribution in [-0.4, -0.2) is 96.7 Å². The molecule has 92 heavy (non-hydrogen) atoms. The van der Waals surface area contributed by atoms with Gasteiger partial charge in [-0.1, -0.05) is 228 Å². The van der Waals surface area contributed by atoms with Crippen molar-refractivity contribution in [1.29, 1.82) is 0 Å². The van der Waals surface area contributed by atoms with E-state index in [1.54, 1.807) is 0 Å². The highest BCUT2D eigenvalue weighted by Gasteiger charge is 2.30. The fourth-order valence-electron chi connectivity index (χ4n) is 9.28. The first-order valence-electron chi connectivity index (χ1n) is 35.8. The molecule has 0 aromatic rings. The Kier molecular flexibility index (Phi) is 63.2. The molecule has 0 heterocycles. The molecular formula is C73H128O17P2. The lowest BCUT2D eigenvalue weighted by Gasteiger charge is -2.21. The minimum Gasteiger partial charge on any atom is -0.462 e. The van der Waals surface area contributed by atoms with Crippen LogP contribution < -0.4 is 0 Å². The summed E-state index contributed by atoms with van der Waals surface area (Å²) in [6, 6.07) is 0. The van der Waals surface area contributed by atoms with Gasteiger partial charge in [-0.3, -0.25) is 37.3 Å². The molecule has 532 valence electrons. The van der Waals surface area contributed by atoms with Gasteiger partial charge >= 0.3 is 39.5 Å². The maximum absolute atomic E-state index is 13.0. The molecule has 0 aliphatic heterocycles. The first kappa shape index (κ1) is 88.2. The molecule has 0 rings (SSSR count). The molecule has 5 atom stereocenters. The van der Waals surface area contributed by atoms with E-state index in [2.05, 4.69) is 113 Å². The number of hydrogen-bond donors (Lipinski definition) is 3. The molecule has 0 saturated heterocycles. The molecule has 0 aliphatic rings. The Labute approximate surface area is 557 Å². The van der Waals surface area contributed by atoms with Crippen LogP contribution in [0.4, 0.5) is 0 Å². The number of rotatable bonds is 67. The number of aliphatic hydroxyl groups is 1. The molecular weight excluding hydrogens is 1210 g/mol. The lowest BCUT2D eigenvalue weighted by molar-refractivity contribution is -0.161. The number of carbonyl (C=O) groups excluding carboxylic acids is 4. The SMILES string of the molecule is CC/C=C\C/C=C\C/C=C\C/C=C\CCCCC(=O)OCC(COP(=O)(O)OCC(O)COP(=O)(O)OCC(COC(=O)CCCCCCC/C=C\CCCCCCCC)OC(=O)CCCCCCC/C=C\CCCC)OC(=O)CCCCCCC/C=C\CCCC. The summed E-state index contributed by atoms with van der Waals surface area (Å²) >= 11 is 0. The molecule has 0 aromatic heterocycles. The van der Waals surface area contributed by atoms with Crippen molar-refractivity contribution in [3.63, 3.8) is 0 Å². The molecule has 0 bridgehead atoms. The zero-order chi connectivity index (χ0) is 67.5. The second-order valence-corrected chi connectivity index (χ2v) is 26.7. The van der Waals surface area contributed by atoms with E-state index >= 15 is 0 Å². The van der Waals surface area contributed by atoms with Gasteiger partial charge in [0.05, 0.1) is 26.4 Å². The van der Waals surface area contributed by atoms with Gasteiger partial charge in [0.25, 0.3) is 0 Å². The smallest absolute Gasteiger partial charge is 0.462 e. The van der Waals surface area contributed by atoms with Gasteiger partial charge in [0.1, 0.15) is 19.3 Å². The number of allylic oxidation sites excluding steroid dienone is 14. The number of esters is 4. The molecule has 0 aliphatic carbocycles. The van der Waals surface area contributed by atoms with E-state index in [0.717, 1.165) is 154 Å². The van der Waals surface area contributed by atoms with Gasteiger partial charge in [0.2, 0.25) is 0 Å². The van der Waals surface area contributed by atoms with Gasteiger partial charge in [0, 0.05) is 25.7 Å². The van der Waals surface area contributed by atoms with E-state index in [0.29, 0.717) is 25.7 Å². The first-order valence-corrected chi connectivity index (χ1v) is 38.8. The third-order valence-corrected chi connectivity index (χ3v) is 16.7. The average Bonchev–Trinajstić information content (AvgIpc) is 2.55. The largest absolute Gasteiger partial charge is 0.472 e. The second kappa shape index (κ2) is 65.9. The van der Waals surface area contributed by atoms with Crippen LogP contribution in [-0.2, 0) is 65.4 Å². The Morgan fingerprint density at radius 3 is 0.935 bits per heavy atom. The molecule has 0 saturated carbocycles. The zero-order valence-electron chi connectivity index (χ0n) is 57.7. The van der Waals surface area contributed by atoms with Crippen LogP contribution in [0.2, 0.25) is 0 Å². The summed E-state index contributed by atoms with van der Waals surface area (Å²) in [5, 5.41) is 10.6. The fourth-order valence-corrected chi connectivity index (χ4v) is 10.9. The number of phosphoric acid groups is 2. The highest BCUT2D eigenvalue weighted by molar-refractivity contribution is 7.47. The van der Waals surface area contributed by atoms with E-state index in [4.69, 9.17) is 37.0 Å². The van der Waals surface area contributed by atoms with Gasteiger partial charge in [-0.05, 0) is 128 Å². The number of hydrogen-bond acceptors (Lipinski definition) is 15. The molecule has 17 nitrogen and oxygen atoms in total. The summed E-state index contributed by atoms with van der Waals surface area (Å²) in [7, 11) is -9.95. The average molecular weight is 1340 g/mol. The van der Waals surface area contributed by atoms with Crippen molar-refractivity contribution in [3.8, 4) is 0 Å². The molecule has 5 unspecified atom stereocenters. The summed E-state index contributed by atoms with van der Waals surface area (Å²) in [6.45, 7) is 4.59. The predicted octanol–water partition coefficient (Wildman–Crippen LogP) is 19.9. The van der Waals surface area contributed by atoms with Crippen LogP contribution in [0.5, 0.6) is 0 Å². The van der Waals surface area contributed by atoms with Crippen LogP contribution in [0.1, 0.15) is 297 Å². The van der Waals surface area contributed by atoms with E-state index < -0.39 is 97.5 Å². The molecule has 0 radical (unpaired) electrons. The van der Waals surface area contributed by atoms with Crippen molar-refractivity contribution >= 4 is 39.5 Å². The Morgan fingerprint density at radius 1 is 0.315 bits per heavy atom. The summed E-state index contributed by atoms with van der Waals surface area (Å²) in [6.07, 6.45) is 64.6. The Morgan fingerprint density at radius 2 is 0.576 bits per heavy atom. The first-order chi connectivity index (χ1) is 44.7. The number of aliphatic hydroxyl groups excluding tert-OH is 1. The van der Waals surface area contributed by atoms with Gasteiger partial charge in [-0.2, -0.15) is 0 Å². The standard InChI is InChI=1S/C73H128O17P2/c1-5-9-13-17-21-25-29-31-33-35-39-41-45-49-53-57-70(75)83-63-68(89-72(77)59-55-51-47-43-37-27-23-19-15-11-7-3)65-87-91(79,80)85-61-67(74)62-86-92(81,82)88-66-69(90-73(78)60-56-52-48-44-38-28-24-20-16-12-8-4)64-84-71(76)58-54-50-46-42-40-36-34-32-30-26-22-18-14-10-6-2/h9,13,19-21,23-25,31-34,39,41,67-69,74H,5-8,10-12,14-18,22,26-30,35-38,40,42-66H2,1-4H3,(H,79,80)(H,81,82)/b13-9-,23-19-,24-20-,25-21-,33-31-,34-32-,41-39-. The van der Waals surface area contributed by atoms with Crippen molar-refractivity contribution in [2.24, 2.45) is 0 Å². The topological polar surface area (TPSA) is 237 Å². The Hall–Kier alpha value is -3.76. The van der Waals surface area contributed by atoms with Crippen molar-refractivity contribution in [2.45, 2.75) is 316 Å². The van der Waals surface area contributed by atoms with Gasteiger partial charge in [-0.15, -0.1) is 0 Å². The number of phosphoric ester groups is 2. The van der Waals surface area contributed by atoms with Crippen LogP contribution in [0.15, 0.2) is 85.1 Å². The second-order valence-electron chi connectivity index (χ2n) is 23.8. The van der Waals surface area contributed by atoms with Crippen LogP contribution in [0.3, 0.4) is 0 Å². The van der Waals surface area contributed by atoms with E-state index in [-0.39, 0.29) is 25.7 Å². The lowest BCUT2D eigenvalue weighted by atomic mass is 10.1. The Bertz CT molecular complexity index is 2090. The minimum atomic E-state index is -4.98. The van der Waals surface area contributed by atoms with Crippen molar-refractivity contribution < 1.29 is 80.2 Å². The Balaban J connectivity index is 5.33. The minimum absolute atomic E-state index is 0.0755. The van der Waals surface area contributed by atoms with E-state index in [1.807, 2.05) is 0 Å². The van der Waals surface area contributed by atoms with E-state index in [1.165, 1.54) is 64.2 Å². The summed E-state index contributed by atoms with van der Waals surface area (Å²) < 4.78 is 68.2. The maximum Gasteiger partial charge on any atom is 0.472 e. The normalized spacial score (nSPS) is 14.6. The monoisotopic (exact) mass is 1340 g/mol. The molecule has 0 fully saturated rings. The van der Waals surface area contributed by atoms with Crippen molar-refractivity contribution in [2.75, 3.05) is 39.6 Å². The van der Waals surface area contributed by atoms with Crippen LogP contribution >= 0.6 is 15.6 Å². The third kappa shape index (κ3) is 64.9. The number of carbonyl (C=O) groups is 4. The summed E-state index contributed by atoms with van der Waals surface area (Å²) in [5.41, 5.74) is 0. The third-order valence-electron chi connectivity index (χ3n) is 14.8. The molecule has 0 amide bonds. The predicted molar refractivity (Wildman–Crippen MR) is 372 cm³/mol. The quantitative estimate of drug-likeness (QED) is 0.0169. The van der Waals surface area contributed by atoms with Gasteiger partial charge in [-0.25, -0.2) is 9.13 Å². The highest BCUT2D eigenvalue weighted by atomic mass is 31.2. The van der Waals surface area contributed by atoms with Crippen LogP contribution in [0, 0.1) is 0 Å². The summed E-state index contributed by atoms with van der Waals surface area (Å²) in [4.78, 5) is 72.5. The summed E-state index contributed by atoms with van der Waals surface area (Å²) in [5.74, 6) is -2.24. The molecule has 0 spiro atoms. The van der Waals surface area contributed by atoms with Crippen molar-refractivity contribution in [1.82, 2.24) is 0 Å². The fraction of sp³-hybridized carbons (Fsp3) is 0.753. The highest BCUT2D eigenvalue weighted by Crippen LogP contribution is 2.45. The molecule has 0 aromatic carbocycles. The van der Waals surface area contributed by atoms with Gasteiger partial charge in [0.15, 0.2) is 12.2 Å². The van der Waals surface area contributed by atoms with E-state index in [9.17, 15) is 43.2 Å².